The maximum Gasteiger partial charge on any atom is 0.151 e. The lowest BCUT2D eigenvalue weighted by atomic mass is 9.41. The molecule has 0 amide bonds. The smallest absolute Gasteiger partial charge is 0.151 e. The number of halogens is 1. The third kappa shape index (κ3) is 6.53. The van der Waals surface area contributed by atoms with E-state index in [1.807, 2.05) is 0 Å². The number of alkyl halides is 1. The Kier molecular flexibility index (Phi) is 11.1. The van der Waals surface area contributed by atoms with E-state index in [-0.39, 0.29) is 0 Å². The predicted molar refractivity (Wildman–Crippen MR) is 161 cm³/mol. The summed E-state index contributed by atoms with van der Waals surface area (Å²) in [6.45, 7) is 6.33. The summed E-state index contributed by atoms with van der Waals surface area (Å²) in [6, 6.07) is 0. The van der Waals surface area contributed by atoms with Crippen LogP contribution in [-0.2, 0) is 14.3 Å². The zero-order chi connectivity index (χ0) is 28.0. The number of unbranched alkanes of at least 4 members (excludes halogenated alkanes) is 4. The van der Waals surface area contributed by atoms with Gasteiger partial charge >= 0.3 is 0 Å². The number of carbonyl (C=O) groups excluding carboxylic acids is 1. The van der Waals surface area contributed by atoms with Gasteiger partial charge in [-0.25, -0.2) is 4.39 Å². The number of Topliss-reactive ketones (excluding diaryl/α,β-unsaturated/α-hetero) is 1. The molecule has 0 heterocycles. The molecule has 230 valence electrons. The molecule has 0 atom stereocenters. The molecule has 40 heavy (non-hydrogen) atoms. The molecule has 2 spiro atoms. The van der Waals surface area contributed by atoms with Crippen molar-refractivity contribution in [1.29, 1.82) is 0 Å². The largest absolute Gasteiger partial charge is 0.378 e. The van der Waals surface area contributed by atoms with Crippen LogP contribution in [0.25, 0.3) is 0 Å². The van der Waals surface area contributed by atoms with Crippen molar-refractivity contribution in [3.05, 3.63) is 0 Å². The Morgan fingerprint density at radius 3 is 1.25 bits per heavy atom. The van der Waals surface area contributed by atoms with Crippen LogP contribution in [0, 0.1) is 34.5 Å². The number of rotatable bonds is 12. The number of hydrogen-bond acceptors (Lipinski definition) is 3. The van der Waals surface area contributed by atoms with Gasteiger partial charge in [0.25, 0.3) is 0 Å². The van der Waals surface area contributed by atoms with E-state index in [0.717, 1.165) is 76.4 Å². The molecule has 0 bridgehead atoms. The van der Waals surface area contributed by atoms with E-state index >= 15 is 4.39 Å². The number of ketones is 1. The van der Waals surface area contributed by atoms with Crippen LogP contribution in [0.3, 0.4) is 0 Å². The minimum absolute atomic E-state index is 0.345. The summed E-state index contributed by atoms with van der Waals surface area (Å²) in [6.07, 6.45) is 24.9. The molecule has 5 fully saturated rings. The van der Waals surface area contributed by atoms with Crippen LogP contribution in [0.15, 0.2) is 0 Å². The van der Waals surface area contributed by atoms with Gasteiger partial charge in [-0.3, -0.25) is 4.79 Å². The fourth-order valence-electron chi connectivity index (χ4n) is 10.0. The summed E-state index contributed by atoms with van der Waals surface area (Å²) < 4.78 is 28.5. The van der Waals surface area contributed by atoms with E-state index in [1.54, 1.807) is 0 Å². The van der Waals surface area contributed by atoms with Gasteiger partial charge in [-0.15, -0.1) is 0 Å². The first-order valence-corrected chi connectivity index (χ1v) is 17.9. The van der Waals surface area contributed by atoms with Gasteiger partial charge in [-0.2, -0.15) is 0 Å². The Morgan fingerprint density at radius 1 is 0.575 bits per heavy atom. The van der Waals surface area contributed by atoms with Crippen molar-refractivity contribution >= 4 is 5.78 Å². The lowest BCUT2D eigenvalue weighted by Gasteiger charge is -2.62. The molecule has 3 nitrogen and oxygen atoms in total. The van der Waals surface area contributed by atoms with Crippen molar-refractivity contribution in [3.63, 3.8) is 0 Å². The van der Waals surface area contributed by atoms with Crippen molar-refractivity contribution < 1.29 is 18.7 Å². The molecule has 0 aromatic carbocycles. The normalized spacial score (nSPS) is 42.3. The highest BCUT2D eigenvalue weighted by Gasteiger charge is 2.71. The highest BCUT2D eigenvalue weighted by molar-refractivity contribution is 5.98. The molecule has 0 aromatic heterocycles. The van der Waals surface area contributed by atoms with Crippen molar-refractivity contribution in [2.24, 2.45) is 34.5 Å². The minimum atomic E-state index is -0.881. The van der Waals surface area contributed by atoms with Crippen molar-refractivity contribution in [2.75, 3.05) is 13.2 Å². The second-order valence-corrected chi connectivity index (χ2v) is 14.9. The maximum atomic E-state index is 16.2. The van der Waals surface area contributed by atoms with Crippen molar-refractivity contribution in [3.8, 4) is 0 Å². The molecule has 5 aliphatic carbocycles. The molecular weight excluding hydrogens is 499 g/mol. The molecule has 5 saturated carbocycles. The highest BCUT2D eigenvalue weighted by atomic mass is 19.1. The third-order valence-corrected chi connectivity index (χ3v) is 12.7. The molecule has 0 unspecified atom stereocenters. The number of ether oxygens (including phenoxy) is 2. The molecule has 4 heteroatoms. The van der Waals surface area contributed by atoms with Crippen molar-refractivity contribution in [2.45, 2.75) is 173 Å². The highest BCUT2D eigenvalue weighted by Crippen LogP contribution is 2.66. The lowest BCUT2D eigenvalue weighted by molar-refractivity contribution is -0.195. The van der Waals surface area contributed by atoms with E-state index in [4.69, 9.17) is 9.47 Å². The van der Waals surface area contributed by atoms with E-state index in [1.165, 1.54) is 89.9 Å². The topological polar surface area (TPSA) is 35.5 Å². The van der Waals surface area contributed by atoms with Gasteiger partial charge in [0.1, 0.15) is 6.17 Å². The lowest BCUT2D eigenvalue weighted by Crippen LogP contribution is -2.69. The first-order chi connectivity index (χ1) is 19.5. The monoisotopic (exact) mass is 560 g/mol. The van der Waals surface area contributed by atoms with Crippen LogP contribution in [-0.4, -0.2) is 37.4 Å². The summed E-state index contributed by atoms with van der Waals surface area (Å²) >= 11 is 0. The zero-order valence-corrected chi connectivity index (χ0v) is 26.1. The molecule has 0 aliphatic heterocycles. The Morgan fingerprint density at radius 2 is 0.925 bits per heavy atom. The summed E-state index contributed by atoms with van der Waals surface area (Å²) in [5.74, 6) is 3.27. The second-order valence-electron chi connectivity index (χ2n) is 14.9. The van der Waals surface area contributed by atoms with Crippen molar-refractivity contribution in [1.82, 2.24) is 0 Å². The maximum absolute atomic E-state index is 16.2. The quantitative estimate of drug-likeness (QED) is 0.223. The van der Waals surface area contributed by atoms with E-state index in [2.05, 4.69) is 13.8 Å². The standard InChI is InChI=1S/C36H61FO3/c1-3-5-7-25-39-31-13-9-27(10-14-31)29-17-21-35(22-18-29)33(37)36(34(35)38)23-19-30(20-24-36)28-11-15-32(16-12-28)40-26-8-6-4-2/h27-33H,3-26H2,1-2H3/t27-,28-,29?,30?,31-,32-,33?,35?,36?. The molecule has 5 aliphatic rings. The van der Waals surface area contributed by atoms with Gasteiger partial charge in [-0.1, -0.05) is 39.5 Å². The van der Waals surface area contributed by atoms with Gasteiger partial charge in [0.05, 0.1) is 23.0 Å². The van der Waals surface area contributed by atoms with E-state index in [9.17, 15) is 4.79 Å². The summed E-state index contributed by atoms with van der Waals surface area (Å²) in [5, 5.41) is 0. The Labute approximate surface area is 245 Å². The Bertz CT molecular complexity index is 703. The third-order valence-electron chi connectivity index (χ3n) is 12.7. The summed E-state index contributed by atoms with van der Waals surface area (Å²) in [7, 11) is 0. The van der Waals surface area contributed by atoms with Crippen LogP contribution in [0.2, 0.25) is 0 Å². The van der Waals surface area contributed by atoms with Crippen LogP contribution in [0.5, 0.6) is 0 Å². The van der Waals surface area contributed by atoms with E-state index < -0.39 is 17.0 Å². The SMILES string of the molecule is CCCCCO[C@H]1CC[C@H](C2CCC3(CC2)C(=O)C2(CCC([C@H]4CC[C@H](OCCCCC)CC4)CC2)C3F)CC1. The Balaban J connectivity index is 1.02. The van der Waals surface area contributed by atoms with Crippen LogP contribution in [0.1, 0.15) is 155 Å². The molecule has 0 radical (unpaired) electrons. The zero-order valence-electron chi connectivity index (χ0n) is 26.1. The first-order valence-electron chi connectivity index (χ1n) is 17.9. The molecule has 5 rings (SSSR count). The van der Waals surface area contributed by atoms with Gasteiger partial charge in [0.2, 0.25) is 0 Å². The van der Waals surface area contributed by atoms with Gasteiger partial charge in [0.15, 0.2) is 5.78 Å². The molecule has 0 aromatic rings. The minimum Gasteiger partial charge on any atom is -0.378 e. The van der Waals surface area contributed by atoms with Crippen LogP contribution < -0.4 is 0 Å². The fraction of sp³-hybridized carbons (Fsp3) is 0.972. The average molecular weight is 561 g/mol. The molecule has 0 N–H and O–H groups in total. The first kappa shape index (κ1) is 31.0. The van der Waals surface area contributed by atoms with E-state index in [0.29, 0.717) is 29.8 Å². The summed E-state index contributed by atoms with van der Waals surface area (Å²) in [5.41, 5.74) is -1.23. The van der Waals surface area contributed by atoms with Crippen LogP contribution >= 0.6 is 0 Å². The van der Waals surface area contributed by atoms with Gasteiger partial charge < -0.3 is 9.47 Å². The fourth-order valence-corrected chi connectivity index (χ4v) is 10.0. The average Bonchev–Trinajstić information content (AvgIpc) is 3.02. The summed E-state index contributed by atoms with van der Waals surface area (Å²) in [4.78, 5) is 13.8. The molecule has 0 saturated heterocycles. The van der Waals surface area contributed by atoms with Gasteiger partial charge in [0, 0.05) is 13.2 Å². The molecular formula is C36H61FO3. The predicted octanol–water partition coefficient (Wildman–Crippen LogP) is 9.79. The Hall–Kier alpha value is -0.480. The number of hydrogen-bond donors (Lipinski definition) is 0. The van der Waals surface area contributed by atoms with Gasteiger partial charge in [-0.05, 0) is 139 Å². The van der Waals surface area contributed by atoms with Crippen LogP contribution in [0.4, 0.5) is 4.39 Å². The number of carbonyl (C=O) groups is 1. The second kappa shape index (κ2) is 14.3.